The molecular weight excluding hydrogens is 432 g/mol. The van der Waals surface area contributed by atoms with E-state index in [9.17, 15) is 19.5 Å². The minimum absolute atomic E-state index is 0.0343. The summed E-state index contributed by atoms with van der Waals surface area (Å²) >= 11 is 0. The molecule has 4 rings (SSSR count). The van der Waals surface area contributed by atoms with Crippen LogP contribution >= 0.6 is 0 Å². The lowest BCUT2D eigenvalue weighted by atomic mass is 9.98. The molecule has 1 atom stereocenters. The lowest BCUT2D eigenvalue weighted by molar-refractivity contribution is -0.139. The monoisotopic (exact) mass is 458 g/mol. The highest BCUT2D eigenvalue weighted by molar-refractivity contribution is 5.82. The van der Waals surface area contributed by atoms with E-state index in [0.29, 0.717) is 6.54 Å². The van der Waals surface area contributed by atoms with E-state index in [0.717, 1.165) is 27.8 Å². The Kier molecular flexibility index (Phi) is 7.22. The van der Waals surface area contributed by atoms with Crippen LogP contribution in [-0.4, -0.2) is 35.7 Å². The van der Waals surface area contributed by atoms with Gasteiger partial charge in [-0.15, -0.1) is 0 Å². The van der Waals surface area contributed by atoms with E-state index in [1.54, 1.807) is 0 Å². The number of carbonyl (C=O) groups excluding carboxylic acids is 2. The molecule has 7 heteroatoms. The standard InChI is InChI=1S/C27H26N2O5/c30-25(28-16-18-8-2-1-3-9-18)15-14-24(26(31)32)29-27(33)34-17-23-21-12-6-4-10-19(21)20-11-5-7-13-22(20)23/h1-13,23-24H,14-17H2,(H,28,30)(H,29,33)(H,31,32)/t24-/m1/s1. The van der Waals surface area contributed by atoms with E-state index in [-0.39, 0.29) is 31.3 Å². The van der Waals surface area contributed by atoms with E-state index < -0.39 is 18.1 Å². The fourth-order valence-electron chi connectivity index (χ4n) is 4.20. The van der Waals surface area contributed by atoms with Gasteiger partial charge in [-0.1, -0.05) is 78.9 Å². The van der Waals surface area contributed by atoms with Crippen LogP contribution in [-0.2, 0) is 20.9 Å². The fraction of sp³-hybridized carbons (Fsp3) is 0.222. The Labute approximate surface area is 197 Å². The number of carboxylic acids is 1. The van der Waals surface area contributed by atoms with Crippen molar-refractivity contribution in [1.29, 1.82) is 0 Å². The molecule has 0 unspecified atom stereocenters. The quantitative estimate of drug-likeness (QED) is 0.448. The second-order valence-corrected chi connectivity index (χ2v) is 8.16. The second kappa shape index (κ2) is 10.7. The van der Waals surface area contributed by atoms with Gasteiger partial charge >= 0.3 is 12.1 Å². The lowest BCUT2D eigenvalue weighted by Crippen LogP contribution is -2.42. The summed E-state index contributed by atoms with van der Waals surface area (Å²) in [6.07, 6.45) is -0.896. The molecule has 0 spiro atoms. The van der Waals surface area contributed by atoms with Crippen molar-refractivity contribution in [2.24, 2.45) is 0 Å². The Hall–Kier alpha value is -4.13. The molecule has 0 radical (unpaired) electrons. The molecule has 0 bridgehead atoms. The maximum atomic E-state index is 12.4. The van der Waals surface area contributed by atoms with Gasteiger partial charge in [-0.25, -0.2) is 9.59 Å². The van der Waals surface area contributed by atoms with Gasteiger partial charge in [0.25, 0.3) is 0 Å². The third-order valence-corrected chi connectivity index (χ3v) is 5.93. The molecule has 174 valence electrons. The average Bonchev–Trinajstić information content (AvgIpc) is 3.18. The van der Waals surface area contributed by atoms with Crippen molar-refractivity contribution in [2.75, 3.05) is 6.61 Å². The number of fused-ring (bicyclic) bond motifs is 3. The minimum atomic E-state index is -1.22. The molecule has 2 amide bonds. The van der Waals surface area contributed by atoms with Gasteiger partial charge < -0.3 is 20.5 Å². The molecule has 0 fully saturated rings. The van der Waals surface area contributed by atoms with E-state index >= 15 is 0 Å². The van der Waals surface area contributed by atoms with Crippen LogP contribution in [0.15, 0.2) is 78.9 Å². The molecule has 0 saturated carbocycles. The van der Waals surface area contributed by atoms with E-state index in [2.05, 4.69) is 10.6 Å². The first-order valence-corrected chi connectivity index (χ1v) is 11.2. The van der Waals surface area contributed by atoms with Crippen LogP contribution in [0.2, 0.25) is 0 Å². The molecule has 0 heterocycles. The van der Waals surface area contributed by atoms with Crippen molar-refractivity contribution >= 4 is 18.0 Å². The summed E-state index contributed by atoms with van der Waals surface area (Å²) in [4.78, 5) is 36.1. The molecule has 34 heavy (non-hydrogen) atoms. The maximum Gasteiger partial charge on any atom is 0.407 e. The number of carboxylic acid groups (broad SMARTS) is 1. The molecule has 1 aliphatic carbocycles. The Morgan fingerprint density at radius 1 is 0.853 bits per heavy atom. The molecule has 7 nitrogen and oxygen atoms in total. The van der Waals surface area contributed by atoms with E-state index in [1.165, 1.54) is 0 Å². The predicted octanol–water partition coefficient (Wildman–Crippen LogP) is 4.07. The summed E-state index contributed by atoms with van der Waals surface area (Å²) in [5.41, 5.74) is 5.30. The van der Waals surface area contributed by atoms with Gasteiger partial charge in [0, 0.05) is 18.9 Å². The Bertz CT molecular complexity index is 1130. The zero-order valence-corrected chi connectivity index (χ0v) is 18.6. The van der Waals surface area contributed by atoms with Crippen molar-refractivity contribution in [3.63, 3.8) is 0 Å². The summed E-state index contributed by atoms with van der Waals surface area (Å²) in [5.74, 6) is -1.63. The average molecular weight is 459 g/mol. The third kappa shape index (κ3) is 5.43. The van der Waals surface area contributed by atoms with Crippen LogP contribution in [0.3, 0.4) is 0 Å². The lowest BCUT2D eigenvalue weighted by Gasteiger charge is -2.17. The zero-order valence-electron chi connectivity index (χ0n) is 18.6. The Balaban J connectivity index is 1.29. The Morgan fingerprint density at radius 3 is 2.06 bits per heavy atom. The number of carbonyl (C=O) groups is 3. The summed E-state index contributed by atoms with van der Waals surface area (Å²) in [6.45, 7) is 0.445. The van der Waals surface area contributed by atoms with Crippen LogP contribution in [0, 0.1) is 0 Å². The van der Waals surface area contributed by atoms with E-state index in [4.69, 9.17) is 4.74 Å². The molecule has 0 saturated heterocycles. The third-order valence-electron chi connectivity index (χ3n) is 5.93. The van der Waals surface area contributed by atoms with Gasteiger partial charge in [0.1, 0.15) is 12.6 Å². The number of hydrogen-bond donors (Lipinski definition) is 3. The first-order valence-electron chi connectivity index (χ1n) is 11.2. The first-order chi connectivity index (χ1) is 16.5. The summed E-state index contributed by atoms with van der Waals surface area (Å²) < 4.78 is 5.42. The van der Waals surface area contributed by atoms with Crippen LogP contribution < -0.4 is 10.6 Å². The molecule has 1 aliphatic rings. The smallest absolute Gasteiger partial charge is 0.407 e. The highest BCUT2D eigenvalue weighted by Crippen LogP contribution is 2.44. The van der Waals surface area contributed by atoms with Crippen LogP contribution in [0.1, 0.15) is 35.4 Å². The predicted molar refractivity (Wildman–Crippen MR) is 127 cm³/mol. The molecule has 3 aromatic carbocycles. The highest BCUT2D eigenvalue weighted by Gasteiger charge is 2.29. The van der Waals surface area contributed by atoms with Crippen molar-refractivity contribution in [2.45, 2.75) is 31.3 Å². The maximum absolute atomic E-state index is 12.4. The van der Waals surface area contributed by atoms with Crippen molar-refractivity contribution in [3.8, 4) is 11.1 Å². The number of hydrogen-bond acceptors (Lipinski definition) is 4. The van der Waals surface area contributed by atoms with Crippen molar-refractivity contribution in [1.82, 2.24) is 10.6 Å². The molecule has 0 aromatic heterocycles. The topological polar surface area (TPSA) is 105 Å². The largest absolute Gasteiger partial charge is 0.480 e. The van der Waals surface area contributed by atoms with Gasteiger partial charge in [0.05, 0.1) is 0 Å². The first kappa shape index (κ1) is 23.0. The van der Waals surface area contributed by atoms with E-state index in [1.807, 2.05) is 78.9 Å². The number of alkyl carbamates (subject to hydrolysis) is 1. The van der Waals surface area contributed by atoms with Crippen molar-refractivity contribution < 1.29 is 24.2 Å². The zero-order chi connectivity index (χ0) is 23.9. The second-order valence-electron chi connectivity index (χ2n) is 8.16. The number of benzene rings is 3. The number of nitrogens with one attached hydrogen (secondary N) is 2. The number of ether oxygens (including phenoxy) is 1. The fourth-order valence-corrected chi connectivity index (χ4v) is 4.20. The Morgan fingerprint density at radius 2 is 1.44 bits per heavy atom. The van der Waals surface area contributed by atoms with Gasteiger partial charge in [-0.3, -0.25) is 4.79 Å². The normalized spacial score (nSPS) is 12.8. The van der Waals surface area contributed by atoms with Gasteiger partial charge in [0.2, 0.25) is 5.91 Å². The number of aliphatic carboxylic acids is 1. The summed E-state index contributed by atoms with van der Waals surface area (Å²) in [6, 6.07) is 24.1. The summed E-state index contributed by atoms with van der Waals surface area (Å²) in [5, 5.41) is 14.6. The molecular formula is C27H26N2O5. The highest BCUT2D eigenvalue weighted by atomic mass is 16.5. The van der Waals surface area contributed by atoms with Crippen molar-refractivity contribution in [3.05, 3.63) is 95.6 Å². The SMILES string of the molecule is O=C(CC[C@@H](NC(=O)OCC1c2ccccc2-c2ccccc21)C(=O)O)NCc1ccccc1. The van der Waals surface area contributed by atoms with Gasteiger partial charge in [-0.2, -0.15) is 0 Å². The van der Waals surface area contributed by atoms with Crippen LogP contribution in [0.25, 0.3) is 11.1 Å². The molecule has 0 aliphatic heterocycles. The number of amides is 2. The van der Waals surface area contributed by atoms with Crippen LogP contribution in [0.5, 0.6) is 0 Å². The summed E-state index contributed by atoms with van der Waals surface area (Å²) in [7, 11) is 0. The molecule has 3 N–H and O–H groups in total. The number of rotatable bonds is 9. The van der Waals surface area contributed by atoms with Gasteiger partial charge in [0.15, 0.2) is 0 Å². The van der Waals surface area contributed by atoms with Crippen LogP contribution in [0.4, 0.5) is 4.79 Å². The van der Waals surface area contributed by atoms with Gasteiger partial charge in [-0.05, 0) is 34.2 Å². The molecule has 3 aromatic rings. The minimum Gasteiger partial charge on any atom is -0.480 e.